The van der Waals surface area contributed by atoms with Crippen molar-refractivity contribution in [1.82, 2.24) is 10.2 Å². The summed E-state index contributed by atoms with van der Waals surface area (Å²) >= 11 is 0. The Hall–Kier alpha value is -3.16. The van der Waals surface area contributed by atoms with E-state index in [2.05, 4.69) is 12.2 Å². The lowest BCUT2D eigenvalue weighted by molar-refractivity contribution is -0.385. The van der Waals surface area contributed by atoms with Gasteiger partial charge in [-0.3, -0.25) is 14.9 Å². The molecular weight excluding hydrogens is 410 g/mol. The highest BCUT2D eigenvalue weighted by Crippen LogP contribution is 2.44. The summed E-state index contributed by atoms with van der Waals surface area (Å²) in [6, 6.07) is 5.86. The second-order valence-electron chi connectivity index (χ2n) is 8.39. The number of carbonyl (C=O) groups excluding carboxylic acids is 1. The highest BCUT2D eigenvalue weighted by molar-refractivity contribution is 6.02. The second kappa shape index (κ2) is 10.9. The highest BCUT2D eigenvalue weighted by Gasteiger charge is 2.41. The number of nitrogens with one attached hydrogen (secondary N) is 1. The first-order valence-corrected chi connectivity index (χ1v) is 11.1. The zero-order valence-electron chi connectivity index (χ0n) is 19.5. The molecule has 1 heterocycles. The van der Waals surface area contributed by atoms with Crippen LogP contribution in [0.25, 0.3) is 0 Å². The molecule has 0 aliphatic carbocycles. The van der Waals surface area contributed by atoms with Crippen molar-refractivity contribution < 1.29 is 19.6 Å². The van der Waals surface area contributed by atoms with Crippen LogP contribution in [0.15, 0.2) is 46.8 Å². The number of nitro benzene ring substituents is 1. The van der Waals surface area contributed by atoms with E-state index in [-0.39, 0.29) is 28.4 Å². The van der Waals surface area contributed by atoms with Gasteiger partial charge in [-0.05, 0) is 34.1 Å². The molecule has 0 fully saturated rings. The van der Waals surface area contributed by atoms with E-state index < -0.39 is 22.7 Å². The summed E-state index contributed by atoms with van der Waals surface area (Å²) in [6.45, 7) is 9.84. The number of allylic oxidation sites excluding steroid dienone is 2. The number of nitro groups is 1. The van der Waals surface area contributed by atoms with E-state index in [1.165, 1.54) is 18.2 Å². The van der Waals surface area contributed by atoms with Gasteiger partial charge in [0.15, 0.2) is 0 Å². The molecular formula is C24H33N3O5. The predicted octanol–water partition coefficient (Wildman–Crippen LogP) is 4.73. The van der Waals surface area contributed by atoms with Gasteiger partial charge in [0.25, 0.3) is 5.69 Å². The van der Waals surface area contributed by atoms with Crippen LogP contribution in [0.3, 0.4) is 0 Å². The SMILES string of the molecule is CCCCCCN1C(C)=C(C(=O)O)C(c2ccccc2[N+](=O)[O-])C(C(=O)NC(C)C)=C1C. The summed E-state index contributed by atoms with van der Waals surface area (Å²) in [4.78, 5) is 38.8. The Bertz CT molecular complexity index is 949. The summed E-state index contributed by atoms with van der Waals surface area (Å²) in [5.74, 6) is -2.64. The molecule has 8 heteroatoms. The zero-order valence-corrected chi connectivity index (χ0v) is 19.5. The molecule has 0 saturated heterocycles. The second-order valence-corrected chi connectivity index (χ2v) is 8.39. The molecule has 1 aromatic rings. The number of aliphatic carboxylic acids is 1. The van der Waals surface area contributed by atoms with Crippen LogP contribution in [0.5, 0.6) is 0 Å². The van der Waals surface area contributed by atoms with Crippen molar-refractivity contribution in [3.63, 3.8) is 0 Å². The molecule has 1 amide bonds. The minimum absolute atomic E-state index is 0.00528. The predicted molar refractivity (Wildman–Crippen MR) is 123 cm³/mol. The third kappa shape index (κ3) is 5.36. The van der Waals surface area contributed by atoms with Gasteiger partial charge in [-0.15, -0.1) is 0 Å². The molecule has 1 atom stereocenters. The number of rotatable bonds is 10. The van der Waals surface area contributed by atoms with Crippen molar-refractivity contribution in [2.45, 2.75) is 72.3 Å². The minimum Gasteiger partial charge on any atom is -0.478 e. The molecule has 1 aliphatic rings. The number of para-hydroxylation sites is 1. The molecule has 2 N–H and O–H groups in total. The maximum absolute atomic E-state index is 13.3. The number of unbranched alkanes of at least 4 members (excludes halogenated alkanes) is 3. The molecule has 0 spiro atoms. The number of carbonyl (C=O) groups is 2. The van der Waals surface area contributed by atoms with Crippen molar-refractivity contribution >= 4 is 17.6 Å². The van der Waals surface area contributed by atoms with Gasteiger partial charge in [-0.2, -0.15) is 0 Å². The van der Waals surface area contributed by atoms with Crippen LogP contribution in [-0.2, 0) is 9.59 Å². The summed E-state index contributed by atoms with van der Waals surface area (Å²) in [5, 5.41) is 24.8. The van der Waals surface area contributed by atoms with E-state index in [0.29, 0.717) is 17.9 Å². The van der Waals surface area contributed by atoms with Gasteiger partial charge in [0.2, 0.25) is 5.91 Å². The highest BCUT2D eigenvalue weighted by atomic mass is 16.6. The number of amides is 1. The Morgan fingerprint density at radius 2 is 1.75 bits per heavy atom. The number of benzene rings is 1. The van der Waals surface area contributed by atoms with Crippen LogP contribution in [0.2, 0.25) is 0 Å². The first kappa shape index (κ1) is 25.1. The van der Waals surface area contributed by atoms with Crippen molar-refractivity contribution in [1.29, 1.82) is 0 Å². The lowest BCUT2D eigenvalue weighted by Crippen LogP contribution is -2.40. The molecule has 174 valence electrons. The summed E-state index contributed by atoms with van der Waals surface area (Å²) in [5.41, 5.74) is 1.37. The molecule has 1 unspecified atom stereocenters. The average molecular weight is 444 g/mol. The van der Waals surface area contributed by atoms with Gasteiger partial charge in [-0.25, -0.2) is 4.79 Å². The van der Waals surface area contributed by atoms with Crippen LogP contribution in [0.4, 0.5) is 5.69 Å². The van der Waals surface area contributed by atoms with Gasteiger partial charge in [0, 0.05) is 41.2 Å². The van der Waals surface area contributed by atoms with Crippen LogP contribution < -0.4 is 5.32 Å². The number of carboxylic acids is 1. The lowest BCUT2D eigenvalue weighted by atomic mass is 9.78. The normalized spacial score (nSPS) is 16.6. The molecule has 0 radical (unpaired) electrons. The molecule has 1 aromatic carbocycles. The number of carboxylic acid groups (broad SMARTS) is 1. The zero-order chi connectivity index (χ0) is 24.0. The topological polar surface area (TPSA) is 113 Å². The Balaban J connectivity index is 2.72. The van der Waals surface area contributed by atoms with Crippen LogP contribution in [0.1, 0.15) is 71.8 Å². The van der Waals surface area contributed by atoms with Gasteiger partial charge in [0.1, 0.15) is 0 Å². The minimum atomic E-state index is -1.19. The molecule has 2 rings (SSSR count). The lowest BCUT2D eigenvalue weighted by Gasteiger charge is -2.38. The van der Waals surface area contributed by atoms with E-state index >= 15 is 0 Å². The van der Waals surface area contributed by atoms with Crippen LogP contribution in [0, 0.1) is 10.1 Å². The first-order valence-electron chi connectivity index (χ1n) is 11.1. The molecule has 32 heavy (non-hydrogen) atoms. The molecule has 0 bridgehead atoms. The van der Waals surface area contributed by atoms with Crippen molar-refractivity contribution in [2.75, 3.05) is 6.54 Å². The largest absolute Gasteiger partial charge is 0.478 e. The van der Waals surface area contributed by atoms with E-state index in [1.807, 2.05) is 18.7 Å². The van der Waals surface area contributed by atoms with Gasteiger partial charge in [0.05, 0.1) is 16.4 Å². The van der Waals surface area contributed by atoms with Gasteiger partial charge in [-0.1, -0.05) is 44.4 Å². The maximum Gasteiger partial charge on any atom is 0.334 e. The quantitative estimate of drug-likeness (QED) is 0.307. The fourth-order valence-electron chi connectivity index (χ4n) is 4.26. The van der Waals surface area contributed by atoms with Crippen LogP contribution in [-0.4, -0.2) is 39.4 Å². The van der Waals surface area contributed by atoms with Crippen molar-refractivity contribution in [3.8, 4) is 0 Å². The Morgan fingerprint density at radius 1 is 1.12 bits per heavy atom. The number of hydrogen-bond donors (Lipinski definition) is 2. The third-order valence-electron chi connectivity index (χ3n) is 5.74. The van der Waals surface area contributed by atoms with Gasteiger partial charge >= 0.3 is 5.97 Å². The summed E-state index contributed by atoms with van der Waals surface area (Å²) in [6.07, 6.45) is 4.00. The first-order chi connectivity index (χ1) is 15.1. The molecule has 1 aliphatic heterocycles. The standard InChI is InChI=1S/C24H33N3O5/c1-6-7-8-11-14-26-16(4)20(23(28)25-15(2)3)22(21(17(26)5)24(29)30)18-12-9-10-13-19(18)27(31)32/h9-10,12-13,15,22H,6-8,11,14H2,1-5H3,(H,25,28)(H,29,30). The monoisotopic (exact) mass is 443 g/mol. The van der Waals surface area contributed by atoms with E-state index in [0.717, 1.165) is 25.7 Å². The summed E-state index contributed by atoms with van der Waals surface area (Å²) in [7, 11) is 0. The fraction of sp³-hybridized carbons (Fsp3) is 0.500. The van der Waals surface area contributed by atoms with Crippen molar-refractivity contribution in [3.05, 3.63) is 62.5 Å². The van der Waals surface area contributed by atoms with Gasteiger partial charge < -0.3 is 15.3 Å². The van der Waals surface area contributed by atoms with E-state index in [1.54, 1.807) is 19.9 Å². The Labute approximate surface area is 189 Å². The number of nitrogens with zero attached hydrogens (tertiary/aromatic N) is 2. The third-order valence-corrected chi connectivity index (χ3v) is 5.74. The molecule has 0 saturated carbocycles. The average Bonchev–Trinajstić information content (AvgIpc) is 2.71. The fourth-order valence-corrected chi connectivity index (χ4v) is 4.26. The maximum atomic E-state index is 13.3. The van der Waals surface area contributed by atoms with Crippen LogP contribution >= 0.6 is 0 Å². The summed E-state index contributed by atoms with van der Waals surface area (Å²) < 4.78 is 0. The van der Waals surface area contributed by atoms with E-state index in [9.17, 15) is 24.8 Å². The smallest absolute Gasteiger partial charge is 0.334 e. The van der Waals surface area contributed by atoms with Crippen molar-refractivity contribution in [2.24, 2.45) is 0 Å². The molecule has 8 nitrogen and oxygen atoms in total. The molecule has 0 aromatic heterocycles. The number of hydrogen-bond acceptors (Lipinski definition) is 5. The Morgan fingerprint density at radius 3 is 2.31 bits per heavy atom. The van der Waals surface area contributed by atoms with E-state index in [4.69, 9.17) is 0 Å². The Kier molecular flexibility index (Phi) is 8.57.